The van der Waals surface area contributed by atoms with Crippen LogP contribution in [0, 0.1) is 13.8 Å². The Balaban J connectivity index is 2.17. The van der Waals surface area contributed by atoms with Gasteiger partial charge < -0.3 is 4.57 Å². The molecule has 0 aliphatic carbocycles. The molecule has 2 aromatic heterocycles. The third-order valence-electron chi connectivity index (χ3n) is 2.86. The number of hydrogen-bond acceptors (Lipinski definition) is 6. The highest BCUT2D eigenvalue weighted by Gasteiger charge is 2.24. The molecule has 0 aromatic carbocycles. The lowest BCUT2D eigenvalue weighted by atomic mass is 10.4. The van der Waals surface area contributed by atoms with Crippen LogP contribution in [0.2, 0.25) is 0 Å². The summed E-state index contributed by atoms with van der Waals surface area (Å²) in [5.41, 5.74) is 1.32. The maximum absolute atomic E-state index is 12.3. The maximum atomic E-state index is 12.3. The number of imidazole rings is 1. The molecule has 0 aliphatic heterocycles. The zero-order valence-corrected chi connectivity index (χ0v) is 14.0. The number of carbonyl (C=O) groups excluding carboxylic acids is 1. The van der Waals surface area contributed by atoms with E-state index in [1.54, 1.807) is 19.9 Å². The van der Waals surface area contributed by atoms with Crippen molar-refractivity contribution in [2.45, 2.75) is 38.9 Å². The first-order chi connectivity index (χ1) is 10.7. The van der Waals surface area contributed by atoms with Gasteiger partial charge in [0.05, 0.1) is 0 Å². The second-order valence-corrected chi connectivity index (χ2v) is 6.82. The van der Waals surface area contributed by atoms with E-state index < -0.39 is 16.1 Å². The molecule has 10 heteroatoms. The lowest BCUT2D eigenvalue weighted by Crippen LogP contribution is -2.36. The molecule has 9 nitrogen and oxygen atoms in total. The molecule has 2 rings (SSSR count). The van der Waals surface area contributed by atoms with Gasteiger partial charge in [0.2, 0.25) is 11.1 Å². The number of nitrogens with one attached hydrogen (secondary N) is 2. The highest BCUT2D eigenvalue weighted by atomic mass is 32.2. The molecule has 23 heavy (non-hydrogen) atoms. The van der Waals surface area contributed by atoms with Gasteiger partial charge >= 0.3 is 6.03 Å². The van der Waals surface area contributed by atoms with E-state index in [9.17, 15) is 13.2 Å². The Kier molecular flexibility index (Phi) is 4.64. The van der Waals surface area contributed by atoms with Gasteiger partial charge in [-0.05, 0) is 33.8 Å². The van der Waals surface area contributed by atoms with Crippen LogP contribution in [-0.2, 0) is 10.0 Å². The number of rotatable bonds is 4. The largest absolute Gasteiger partial charge is 0.335 e. The van der Waals surface area contributed by atoms with Gasteiger partial charge in [-0.1, -0.05) is 0 Å². The van der Waals surface area contributed by atoms with Gasteiger partial charge in [0, 0.05) is 29.8 Å². The zero-order chi connectivity index (χ0) is 17.2. The quantitative estimate of drug-likeness (QED) is 0.869. The van der Waals surface area contributed by atoms with Gasteiger partial charge in [0.1, 0.15) is 0 Å². The van der Waals surface area contributed by atoms with Crippen LogP contribution in [0.5, 0.6) is 0 Å². The van der Waals surface area contributed by atoms with Gasteiger partial charge in [-0.2, -0.15) is 8.42 Å². The van der Waals surface area contributed by atoms with Crippen molar-refractivity contribution in [1.29, 1.82) is 0 Å². The molecular formula is C13H18N6O3S. The van der Waals surface area contributed by atoms with Crippen molar-refractivity contribution in [3.63, 3.8) is 0 Å². The van der Waals surface area contributed by atoms with Gasteiger partial charge in [0.25, 0.3) is 10.0 Å². The van der Waals surface area contributed by atoms with Crippen molar-refractivity contribution in [3.05, 3.63) is 29.8 Å². The van der Waals surface area contributed by atoms with Crippen molar-refractivity contribution in [2.75, 3.05) is 5.32 Å². The summed E-state index contributed by atoms with van der Waals surface area (Å²) in [5.74, 6) is 0.0300. The molecule has 0 bridgehead atoms. The Morgan fingerprint density at radius 3 is 2.39 bits per heavy atom. The molecule has 0 fully saturated rings. The minimum atomic E-state index is -4.10. The predicted molar refractivity (Wildman–Crippen MR) is 83.5 cm³/mol. The summed E-state index contributed by atoms with van der Waals surface area (Å²) in [4.78, 5) is 23.7. The molecule has 124 valence electrons. The van der Waals surface area contributed by atoms with Crippen molar-refractivity contribution in [2.24, 2.45) is 0 Å². The number of aromatic nitrogens is 4. The Labute approximate surface area is 134 Å². The number of aryl methyl sites for hydroxylation is 2. The first-order valence-corrected chi connectivity index (χ1v) is 8.36. The SMILES string of the molecule is Cc1cc(C)nc(NC(=O)NS(=O)(=O)c2nccn2C(C)C)n1. The monoisotopic (exact) mass is 338 g/mol. The van der Waals surface area contributed by atoms with E-state index in [1.165, 1.54) is 17.0 Å². The van der Waals surface area contributed by atoms with Gasteiger partial charge in [-0.25, -0.2) is 24.5 Å². The molecule has 0 radical (unpaired) electrons. The second kappa shape index (κ2) is 6.32. The van der Waals surface area contributed by atoms with Crippen LogP contribution in [0.1, 0.15) is 31.3 Å². The molecule has 0 atom stereocenters. The second-order valence-electron chi connectivity index (χ2n) is 5.24. The van der Waals surface area contributed by atoms with E-state index in [0.717, 1.165) is 0 Å². The highest BCUT2D eigenvalue weighted by Crippen LogP contribution is 2.13. The molecule has 2 N–H and O–H groups in total. The van der Waals surface area contributed by atoms with Crippen LogP contribution in [0.15, 0.2) is 23.6 Å². The molecule has 2 heterocycles. The summed E-state index contributed by atoms with van der Waals surface area (Å²) in [6, 6.07) is 0.669. The number of hydrogen-bond donors (Lipinski definition) is 2. The van der Waals surface area contributed by atoms with E-state index >= 15 is 0 Å². The van der Waals surface area contributed by atoms with E-state index in [0.29, 0.717) is 11.4 Å². The van der Waals surface area contributed by atoms with E-state index in [-0.39, 0.29) is 17.1 Å². The van der Waals surface area contributed by atoms with Crippen molar-refractivity contribution >= 4 is 22.0 Å². The Bertz CT molecular complexity index is 808. The third kappa shape index (κ3) is 4.03. The normalized spacial score (nSPS) is 11.5. The van der Waals surface area contributed by atoms with Crippen LogP contribution in [0.25, 0.3) is 0 Å². The average molecular weight is 338 g/mol. The lowest BCUT2D eigenvalue weighted by Gasteiger charge is -2.12. The molecule has 2 amide bonds. The number of nitrogens with zero attached hydrogens (tertiary/aromatic N) is 4. The molecule has 0 spiro atoms. The Morgan fingerprint density at radius 2 is 1.83 bits per heavy atom. The highest BCUT2D eigenvalue weighted by molar-refractivity contribution is 7.89. The summed E-state index contributed by atoms with van der Waals surface area (Å²) in [6.07, 6.45) is 2.89. The predicted octanol–water partition coefficient (Wildman–Crippen LogP) is 1.38. The molecule has 0 saturated heterocycles. The first-order valence-electron chi connectivity index (χ1n) is 6.88. The molecule has 0 unspecified atom stereocenters. The summed E-state index contributed by atoms with van der Waals surface area (Å²) in [6.45, 7) is 7.11. The van der Waals surface area contributed by atoms with Gasteiger partial charge in [-0.15, -0.1) is 0 Å². The minimum Gasteiger partial charge on any atom is -0.318 e. The Morgan fingerprint density at radius 1 is 1.22 bits per heavy atom. The average Bonchev–Trinajstić information content (AvgIpc) is 2.86. The van der Waals surface area contributed by atoms with Gasteiger partial charge in [0.15, 0.2) is 0 Å². The van der Waals surface area contributed by atoms with Gasteiger partial charge in [-0.3, -0.25) is 5.32 Å². The van der Waals surface area contributed by atoms with Crippen LogP contribution < -0.4 is 10.0 Å². The smallest absolute Gasteiger partial charge is 0.318 e. The molecular weight excluding hydrogens is 320 g/mol. The number of urea groups is 1. The van der Waals surface area contributed by atoms with Crippen LogP contribution >= 0.6 is 0 Å². The number of anilines is 1. The molecule has 0 saturated carbocycles. The topological polar surface area (TPSA) is 119 Å². The fraction of sp³-hybridized carbons (Fsp3) is 0.385. The van der Waals surface area contributed by atoms with Crippen LogP contribution in [-0.4, -0.2) is 34.0 Å². The molecule has 0 aliphatic rings. The fourth-order valence-electron chi connectivity index (χ4n) is 1.98. The Hall–Kier alpha value is -2.49. The zero-order valence-electron chi connectivity index (χ0n) is 13.2. The summed E-state index contributed by atoms with van der Waals surface area (Å²) >= 11 is 0. The fourth-order valence-corrected chi connectivity index (χ4v) is 3.11. The molecule has 2 aromatic rings. The minimum absolute atomic E-state index is 0.0300. The lowest BCUT2D eigenvalue weighted by molar-refractivity contribution is 0.256. The summed E-state index contributed by atoms with van der Waals surface area (Å²) in [5, 5.41) is 2.07. The first kappa shape index (κ1) is 16.9. The summed E-state index contributed by atoms with van der Waals surface area (Å²) in [7, 11) is -4.10. The van der Waals surface area contributed by atoms with Crippen molar-refractivity contribution in [3.8, 4) is 0 Å². The number of sulfonamides is 1. The van der Waals surface area contributed by atoms with Crippen LogP contribution in [0.4, 0.5) is 10.7 Å². The van der Waals surface area contributed by atoms with Crippen LogP contribution in [0.3, 0.4) is 0 Å². The standard InChI is InChI=1S/C13H18N6O3S/c1-8(2)19-6-5-14-13(19)23(21,22)18-12(20)17-11-15-9(3)7-10(4)16-11/h5-8H,1-4H3,(H2,15,16,17,18,20). The van der Waals surface area contributed by atoms with E-state index in [1.807, 2.05) is 18.6 Å². The van der Waals surface area contributed by atoms with E-state index in [4.69, 9.17) is 0 Å². The third-order valence-corrected chi connectivity index (χ3v) is 4.12. The maximum Gasteiger partial charge on any atom is 0.335 e. The number of carbonyl (C=O) groups is 1. The van der Waals surface area contributed by atoms with Crippen molar-refractivity contribution < 1.29 is 13.2 Å². The summed E-state index contributed by atoms with van der Waals surface area (Å²) < 4.78 is 27.9. The van der Waals surface area contributed by atoms with E-state index in [2.05, 4.69) is 20.3 Å². The van der Waals surface area contributed by atoms with Crippen molar-refractivity contribution in [1.82, 2.24) is 24.2 Å². The number of amides is 2.